The molecule has 3 N–H and O–H groups in total. The lowest BCUT2D eigenvalue weighted by atomic mass is 9.92. The summed E-state index contributed by atoms with van der Waals surface area (Å²) in [6.07, 6.45) is 2.00. The smallest absolute Gasteiger partial charge is 0.0602 e. The van der Waals surface area contributed by atoms with Crippen molar-refractivity contribution >= 4 is 0 Å². The number of likely N-dealkylation sites (N-methyl/N-ethyl adjacent to an activating group) is 1. The van der Waals surface area contributed by atoms with Crippen LogP contribution in [0, 0.1) is 5.92 Å². The van der Waals surface area contributed by atoms with Crippen LogP contribution in [0.15, 0.2) is 0 Å². The molecule has 3 nitrogen and oxygen atoms in total. The number of hydrogen-bond acceptors (Lipinski definition) is 3. The quantitative estimate of drug-likeness (QED) is 0.701. The lowest BCUT2D eigenvalue weighted by Gasteiger charge is -2.42. The lowest BCUT2D eigenvalue weighted by molar-refractivity contribution is 0.0414. The number of aliphatic hydroxyl groups excluding tert-OH is 1. The molecule has 0 aromatic carbocycles. The van der Waals surface area contributed by atoms with Crippen LogP contribution in [0.5, 0.6) is 0 Å². The molecule has 0 rings (SSSR count). The Kier molecular flexibility index (Phi) is 6.53. The third-order valence-electron chi connectivity index (χ3n) is 3.74. The van der Waals surface area contributed by atoms with Gasteiger partial charge >= 0.3 is 0 Å². The zero-order valence-corrected chi connectivity index (χ0v) is 11.8. The average Bonchev–Trinajstić information content (AvgIpc) is 2.17. The van der Waals surface area contributed by atoms with Gasteiger partial charge in [-0.15, -0.1) is 0 Å². The first kappa shape index (κ1) is 15.9. The van der Waals surface area contributed by atoms with Crippen molar-refractivity contribution in [2.24, 2.45) is 11.7 Å². The van der Waals surface area contributed by atoms with Crippen LogP contribution in [-0.4, -0.2) is 41.3 Å². The summed E-state index contributed by atoms with van der Waals surface area (Å²) >= 11 is 0. The maximum atomic E-state index is 9.52. The van der Waals surface area contributed by atoms with E-state index >= 15 is 0 Å². The molecule has 0 amide bonds. The van der Waals surface area contributed by atoms with Gasteiger partial charge in [-0.05, 0) is 39.7 Å². The maximum absolute atomic E-state index is 9.52. The van der Waals surface area contributed by atoms with E-state index in [0.29, 0.717) is 5.92 Å². The summed E-state index contributed by atoms with van der Waals surface area (Å²) in [6, 6.07) is 0.0955. The zero-order chi connectivity index (χ0) is 12.9. The predicted octanol–water partition coefficient (Wildman–Crippen LogP) is 1.84. The molecular weight excluding hydrogens is 200 g/mol. The number of nitrogens with two attached hydrogens (primary N) is 1. The fraction of sp³-hybridized carbons (Fsp3) is 1.00. The van der Waals surface area contributed by atoms with Gasteiger partial charge in [-0.25, -0.2) is 0 Å². The van der Waals surface area contributed by atoms with E-state index in [-0.39, 0.29) is 24.2 Å². The second-order valence-electron chi connectivity index (χ2n) is 5.82. The fourth-order valence-corrected chi connectivity index (χ4v) is 1.94. The molecule has 16 heavy (non-hydrogen) atoms. The molecular formula is C13H30N2O. The molecule has 0 aromatic heterocycles. The summed E-state index contributed by atoms with van der Waals surface area (Å²) in [5.41, 5.74) is 6.27. The van der Waals surface area contributed by atoms with E-state index in [1.807, 2.05) is 0 Å². The highest BCUT2D eigenvalue weighted by atomic mass is 16.3. The van der Waals surface area contributed by atoms with Crippen LogP contribution in [0.1, 0.15) is 47.5 Å². The molecule has 0 aliphatic heterocycles. The minimum atomic E-state index is 0.0424. The van der Waals surface area contributed by atoms with Crippen LogP contribution in [0.4, 0.5) is 0 Å². The second kappa shape index (κ2) is 6.58. The first-order chi connectivity index (χ1) is 7.26. The van der Waals surface area contributed by atoms with Gasteiger partial charge in [-0.3, -0.25) is 4.90 Å². The summed E-state index contributed by atoms with van der Waals surface area (Å²) in [5, 5.41) is 9.52. The molecule has 0 aliphatic rings. The first-order valence-electron chi connectivity index (χ1n) is 6.35. The minimum absolute atomic E-state index is 0.0424. The van der Waals surface area contributed by atoms with Gasteiger partial charge in [0.2, 0.25) is 0 Å². The van der Waals surface area contributed by atoms with Crippen LogP contribution >= 0.6 is 0 Å². The van der Waals surface area contributed by atoms with Gasteiger partial charge in [0.25, 0.3) is 0 Å². The Morgan fingerprint density at radius 2 is 1.81 bits per heavy atom. The van der Waals surface area contributed by atoms with Crippen LogP contribution in [0.2, 0.25) is 0 Å². The van der Waals surface area contributed by atoms with Crippen molar-refractivity contribution in [2.75, 3.05) is 13.7 Å². The summed E-state index contributed by atoms with van der Waals surface area (Å²) in [6.45, 7) is 11.0. The molecule has 0 aromatic rings. The molecule has 0 saturated carbocycles. The lowest BCUT2D eigenvalue weighted by Crippen LogP contribution is -2.56. The van der Waals surface area contributed by atoms with Gasteiger partial charge in [0.15, 0.2) is 0 Å². The van der Waals surface area contributed by atoms with E-state index in [9.17, 15) is 5.11 Å². The number of nitrogens with zero attached hydrogens (tertiary/aromatic N) is 1. The topological polar surface area (TPSA) is 49.5 Å². The highest BCUT2D eigenvalue weighted by Gasteiger charge is 2.31. The summed E-state index contributed by atoms with van der Waals surface area (Å²) < 4.78 is 0. The Morgan fingerprint density at radius 1 is 1.31 bits per heavy atom. The molecule has 3 heteroatoms. The van der Waals surface area contributed by atoms with Crippen molar-refractivity contribution in [2.45, 2.75) is 65.1 Å². The van der Waals surface area contributed by atoms with Gasteiger partial charge in [-0.1, -0.05) is 20.8 Å². The monoisotopic (exact) mass is 230 g/mol. The number of aliphatic hydroxyl groups is 1. The summed E-state index contributed by atoms with van der Waals surface area (Å²) in [5.74, 6) is 0.571. The Hall–Kier alpha value is -0.120. The number of rotatable bonds is 7. The van der Waals surface area contributed by atoms with Crippen molar-refractivity contribution in [3.05, 3.63) is 0 Å². The van der Waals surface area contributed by atoms with Crippen molar-refractivity contribution in [3.63, 3.8) is 0 Å². The SMILES string of the molecule is CCC(C)(C)N(C)C(CO)C(N)CC(C)C. The molecule has 0 spiro atoms. The largest absolute Gasteiger partial charge is 0.395 e. The molecule has 98 valence electrons. The summed E-state index contributed by atoms with van der Waals surface area (Å²) in [4.78, 5) is 2.22. The third-order valence-corrected chi connectivity index (χ3v) is 3.74. The van der Waals surface area contributed by atoms with E-state index in [0.717, 1.165) is 12.8 Å². The van der Waals surface area contributed by atoms with Crippen LogP contribution < -0.4 is 5.73 Å². The van der Waals surface area contributed by atoms with E-state index in [2.05, 4.69) is 46.6 Å². The first-order valence-corrected chi connectivity index (χ1v) is 6.35. The normalized spacial score (nSPS) is 16.9. The molecule has 0 aliphatic carbocycles. The molecule has 0 fully saturated rings. The van der Waals surface area contributed by atoms with E-state index in [1.165, 1.54) is 0 Å². The third kappa shape index (κ3) is 4.40. The Labute approximate surface area is 101 Å². The Balaban J connectivity index is 4.59. The van der Waals surface area contributed by atoms with E-state index in [4.69, 9.17) is 5.73 Å². The highest BCUT2D eigenvalue weighted by Crippen LogP contribution is 2.22. The maximum Gasteiger partial charge on any atom is 0.0602 e. The average molecular weight is 230 g/mol. The van der Waals surface area contributed by atoms with Gasteiger partial charge in [0.05, 0.1) is 6.61 Å². The molecule has 2 atom stereocenters. The number of hydrogen-bond donors (Lipinski definition) is 2. The van der Waals surface area contributed by atoms with Crippen molar-refractivity contribution in [3.8, 4) is 0 Å². The Morgan fingerprint density at radius 3 is 2.12 bits per heavy atom. The standard InChI is InChI=1S/C13H30N2O/c1-7-13(4,5)15(6)12(9-16)11(14)8-10(2)3/h10-12,16H,7-9,14H2,1-6H3. The summed E-state index contributed by atoms with van der Waals surface area (Å²) in [7, 11) is 2.06. The van der Waals surface area contributed by atoms with Crippen molar-refractivity contribution in [1.82, 2.24) is 4.90 Å². The van der Waals surface area contributed by atoms with Gasteiger partial charge in [0, 0.05) is 17.6 Å². The fourth-order valence-electron chi connectivity index (χ4n) is 1.94. The molecule has 0 heterocycles. The minimum Gasteiger partial charge on any atom is -0.395 e. The molecule has 0 bridgehead atoms. The molecule has 0 radical (unpaired) electrons. The van der Waals surface area contributed by atoms with Crippen LogP contribution in [0.25, 0.3) is 0 Å². The second-order valence-corrected chi connectivity index (χ2v) is 5.82. The predicted molar refractivity (Wildman–Crippen MR) is 70.4 cm³/mol. The van der Waals surface area contributed by atoms with Crippen LogP contribution in [0.3, 0.4) is 0 Å². The van der Waals surface area contributed by atoms with Crippen LogP contribution in [-0.2, 0) is 0 Å². The Bertz CT molecular complexity index is 192. The molecule has 0 saturated heterocycles. The van der Waals surface area contributed by atoms with Gasteiger partial charge in [-0.2, -0.15) is 0 Å². The van der Waals surface area contributed by atoms with Gasteiger partial charge in [0.1, 0.15) is 0 Å². The van der Waals surface area contributed by atoms with Crippen molar-refractivity contribution in [1.29, 1.82) is 0 Å². The highest BCUT2D eigenvalue weighted by molar-refractivity contribution is 4.88. The van der Waals surface area contributed by atoms with Crippen molar-refractivity contribution < 1.29 is 5.11 Å². The molecule has 2 unspecified atom stereocenters. The zero-order valence-electron chi connectivity index (χ0n) is 11.8. The van der Waals surface area contributed by atoms with E-state index in [1.54, 1.807) is 0 Å². The van der Waals surface area contributed by atoms with E-state index < -0.39 is 0 Å². The van der Waals surface area contributed by atoms with Gasteiger partial charge < -0.3 is 10.8 Å².